The highest BCUT2D eigenvalue weighted by atomic mass is 35.5. The third-order valence-corrected chi connectivity index (χ3v) is 3.48. The quantitative estimate of drug-likeness (QED) is 0.780. The maximum atomic E-state index is 6.45. The molecule has 1 aliphatic rings. The summed E-state index contributed by atoms with van der Waals surface area (Å²) in [7, 11) is 0. The van der Waals surface area contributed by atoms with Crippen molar-refractivity contribution in [3.63, 3.8) is 0 Å². The van der Waals surface area contributed by atoms with E-state index in [9.17, 15) is 0 Å². The van der Waals surface area contributed by atoms with Crippen LogP contribution in [0.2, 0.25) is 0 Å². The zero-order chi connectivity index (χ0) is 12.4. The van der Waals surface area contributed by atoms with Crippen LogP contribution in [0.4, 0.5) is 0 Å². The van der Waals surface area contributed by atoms with Crippen molar-refractivity contribution >= 4 is 17.2 Å². The molecule has 1 nitrogen and oxygen atoms in total. The molecule has 0 bridgehead atoms. The summed E-state index contributed by atoms with van der Waals surface area (Å²) in [4.78, 5) is 0. The van der Waals surface area contributed by atoms with Crippen LogP contribution < -0.4 is 4.74 Å². The predicted molar refractivity (Wildman–Crippen MR) is 74.9 cm³/mol. The molecule has 2 heteroatoms. The third-order valence-electron chi connectivity index (χ3n) is 3.11. The standard InChI is InChI=1S/C16H13ClO/c17-15(10-12-6-2-1-3-7-12)14-11-18-16-9-5-4-8-13(14)16/h1-9H,10-11H2/b15-14-. The maximum absolute atomic E-state index is 6.45. The Morgan fingerprint density at radius 2 is 1.72 bits per heavy atom. The van der Waals surface area contributed by atoms with E-state index in [4.69, 9.17) is 16.3 Å². The van der Waals surface area contributed by atoms with Crippen molar-refractivity contribution in [3.05, 3.63) is 70.8 Å². The number of allylic oxidation sites excluding steroid dienone is 1. The first-order chi connectivity index (χ1) is 8.84. The van der Waals surface area contributed by atoms with E-state index in [0.717, 1.165) is 28.3 Å². The first-order valence-electron chi connectivity index (χ1n) is 5.98. The summed E-state index contributed by atoms with van der Waals surface area (Å²) < 4.78 is 5.63. The maximum Gasteiger partial charge on any atom is 0.127 e. The molecule has 0 aromatic heterocycles. The number of rotatable bonds is 2. The minimum atomic E-state index is 0.574. The molecule has 0 unspecified atom stereocenters. The molecule has 0 saturated carbocycles. The van der Waals surface area contributed by atoms with Crippen LogP contribution in [0.15, 0.2) is 59.6 Å². The normalized spacial score (nSPS) is 16.1. The van der Waals surface area contributed by atoms with Crippen molar-refractivity contribution in [2.24, 2.45) is 0 Å². The summed E-state index contributed by atoms with van der Waals surface area (Å²) in [6.45, 7) is 0.574. The van der Waals surface area contributed by atoms with Crippen molar-refractivity contribution < 1.29 is 4.74 Å². The van der Waals surface area contributed by atoms with E-state index in [1.807, 2.05) is 36.4 Å². The summed E-state index contributed by atoms with van der Waals surface area (Å²) in [6.07, 6.45) is 0.759. The Hall–Kier alpha value is -1.73. The van der Waals surface area contributed by atoms with Gasteiger partial charge in [0.2, 0.25) is 0 Å². The van der Waals surface area contributed by atoms with Crippen molar-refractivity contribution in [2.75, 3.05) is 6.61 Å². The van der Waals surface area contributed by atoms with Crippen LogP contribution in [0.25, 0.3) is 5.57 Å². The van der Waals surface area contributed by atoms with E-state index in [1.165, 1.54) is 5.56 Å². The van der Waals surface area contributed by atoms with E-state index in [0.29, 0.717) is 6.61 Å². The smallest absolute Gasteiger partial charge is 0.127 e. The van der Waals surface area contributed by atoms with Gasteiger partial charge in [-0.15, -0.1) is 0 Å². The highest BCUT2D eigenvalue weighted by Gasteiger charge is 2.19. The molecule has 0 atom stereocenters. The lowest BCUT2D eigenvalue weighted by atomic mass is 10.0. The van der Waals surface area contributed by atoms with Gasteiger partial charge >= 0.3 is 0 Å². The minimum Gasteiger partial charge on any atom is -0.488 e. The Morgan fingerprint density at radius 3 is 2.56 bits per heavy atom. The van der Waals surface area contributed by atoms with Gasteiger partial charge in [-0.3, -0.25) is 0 Å². The van der Waals surface area contributed by atoms with Gasteiger partial charge in [0.05, 0.1) is 0 Å². The van der Waals surface area contributed by atoms with Crippen molar-refractivity contribution in [1.29, 1.82) is 0 Å². The van der Waals surface area contributed by atoms with E-state index in [1.54, 1.807) is 0 Å². The van der Waals surface area contributed by atoms with Crippen LogP contribution in [0.5, 0.6) is 5.75 Å². The Balaban J connectivity index is 1.92. The molecular formula is C16H13ClO. The molecule has 0 fully saturated rings. The zero-order valence-corrected chi connectivity index (χ0v) is 10.7. The largest absolute Gasteiger partial charge is 0.488 e. The van der Waals surface area contributed by atoms with E-state index >= 15 is 0 Å². The SMILES string of the molecule is Cl/C(Cc1ccccc1)=C1/COc2ccccc21. The second-order valence-corrected chi connectivity index (χ2v) is 4.79. The molecule has 1 aliphatic heterocycles. The summed E-state index contributed by atoms with van der Waals surface area (Å²) in [5.41, 5.74) is 3.45. The summed E-state index contributed by atoms with van der Waals surface area (Å²) >= 11 is 6.45. The van der Waals surface area contributed by atoms with Crippen LogP contribution in [0.1, 0.15) is 11.1 Å². The molecule has 90 valence electrons. The number of ether oxygens (including phenoxy) is 1. The lowest BCUT2D eigenvalue weighted by Crippen LogP contribution is -1.93. The molecule has 0 N–H and O–H groups in total. The van der Waals surface area contributed by atoms with E-state index < -0.39 is 0 Å². The molecule has 0 saturated heterocycles. The van der Waals surface area contributed by atoms with Gasteiger partial charge in [0.15, 0.2) is 0 Å². The van der Waals surface area contributed by atoms with Gasteiger partial charge in [0.25, 0.3) is 0 Å². The highest BCUT2D eigenvalue weighted by molar-refractivity contribution is 6.33. The Morgan fingerprint density at radius 1 is 1.00 bits per heavy atom. The minimum absolute atomic E-state index is 0.574. The first kappa shape index (κ1) is 11.4. The molecule has 0 radical (unpaired) electrons. The van der Waals surface area contributed by atoms with Gasteiger partial charge in [0, 0.05) is 22.6 Å². The van der Waals surface area contributed by atoms with Gasteiger partial charge in [-0.05, 0) is 11.6 Å². The average Bonchev–Trinajstić information content (AvgIpc) is 2.84. The van der Waals surface area contributed by atoms with Gasteiger partial charge < -0.3 is 4.74 Å². The van der Waals surface area contributed by atoms with Gasteiger partial charge in [-0.2, -0.15) is 0 Å². The van der Waals surface area contributed by atoms with Gasteiger partial charge in [0.1, 0.15) is 12.4 Å². The fourth-order valence-corrected chi connectivity index (χ4v) is 2.49. The van der Waals surface area contributed by atoms with Crippen LogP contribution >= 0.6 is 11.6 Å². The lowest BCUT2D eigenvalue weighted by Gasteiger charge is -2.04. The number of para-hydroxylation sites is 1. The second-order valence-electron chi connectivity index (χ2n) is 4.33. The second kappa shape index (κ2) is 4.87. The predicted octanol–water partition coefficient (Wildman–Crippen LogP) is 4.27. The fraction of sp³-hybridized carbons (Fsp3) is 0.125. The van der Waals surface area contributed by atoms with Crippen molar-refractivity contribution in [3.8, 4) is 5.75 Å². The lowest BCUT2D eigenvalue weighted by molar-refractivity contribution is 0.388. The van der Waals surface area contributed by atoms with Crippen molar-refractivity contribution in [1.82, 2.24) is 0 Å². The number of fused-ring (bicyclic) bond motifs is 1. The van der Waals surface area contributed by atoms with Gasteiger partial charge in [-0.25, -0.2) is 0 Å². The Labute approximate surface area is 112 Å². The molecule has 18 heavy (non-hydrogen) atoms. The molecule has 0 aliphatic carbocycles. The molecule has 3 rings (SSSR count). The van der Waals surface area contributed by atoms with E-state index in [2.05, 4.69) is 18.2 Å². The molecular weight excluding hydrogens is 244 g/mol. The summed E-state index contributed by atoms with van der Waals surface area (Å²) in [5, 5.41) is 0.867. The summed E-state index contributed by atoms with van der Waals surface area (Å²) in [5.74, 6) is 0.929. The average molecular weight is 257 g/mol. The number of benzene rings is 2. The molecule has 0 spiro atoms. The molecule has 1 heterocycles. The summed E-state index contributed by atoms with van der Waals surface area (Å²) in [6, 6.07) is 18.3. The molecule has 2 aromatic carbocycles. The Kier molecular flexibility index (Phi) is 3.07. The monoisotopic (exact) mass is 256 g/mol. The van der Waals surface area contributed by atoms with Crippen LogP contribution in [-0.2, 0) is 6.42 Å². The first-order valence-corrected chi connectivity index (χ1v) is 6.36. The molecule has 0 amide bonds. The van der Waals surface area contributed by atoms with Crippen LogP contribution in [-0.4, -0.2) is 6.61 Å². The number of halogens is 1. The fourth-order valence-electron chi connectivity index (χ4n) is 2.18. The topological polar surface area (TPSA) is 9.23 Å². The van der Waals surface area contributed by atoms with Gasteiger partial charge in [-0.1, -0.05) is 60.1 Å². The van der Waals surface area contributed by atoms with Crippen LogP contribution in [0, 0.1) is 0 Å². The van der Waals surface area contributed by atoms with Crippen molar-refractivity contribution in [2.45, 2.75) is 6.42 Å². The number of hydrogen-bond acceptors (Lipinski definition) is 1. The van der Waals surface area contributed by atoms with E-state index in [-0.39, 0.29) is 0 Å². The van der Waals surface area contributed by atoms with Crippen LogP contribution in [0.3, 0.4) is 0 Å². The Bertz CT molecular complexity index is 587. The third kappa shape index (κ3) is 2.14. The zero-order valence-electron chi connectivity index (χ0n) is 9.90. The molecule has 2 aromatic rings. The number of hydrogen-bond donors (Lipinski definition) is 0. The highest BCUT2D eigenvalue weighted by Crippen LogP contribution is 2.36.